The molecule has 1 aliphatic heterocycles. The molecule has 0 saturated heterocycles. The Morgan fingerprint density at radius 2 is 2.10 bits per heavy atom. The van der Waals surface area contributed by atoms with Crippen molar-refractivity contribution in [3.63, 3.8) is 0 Å². The third kappa shape index (κ3) is 5.05. The Labute approximate surface area is 182 Å². The van der Waals surface area contributed by atoms with Crippen molar-refractivity contribution >= 4 is 17.7 Å². The summed E-state index contributed by atoms with van der Waals surface area (Å²) in [6.07, 6.45) is 10.1. The summed E-state index contributed by atoms with van der Waals surface area (Å²) in [4.78, 5) is 16.3. The van der Waals surface area contributed by atoms with Gasteiger partial charge in [-0.1, -0.05) is 41.1 Å². The zero-order valence-corrected chi connectivity index (χ0v) is 18.4. The molecule has 0 N–H and O–H groups in total. The Bertz CT molecular complexity index is 934. The number of hydrogen-bond acceptors (Lipinski definition) is 5. The van der Waals surface area contributed by atoms with Crippen LogP contribution in [0.2, 0.25) is 0 Å². The summed E-state index contributed by atoms with van der Waals surface area (Å²) in [5.74, 6) is 1.15. The van der Waals surface area contributed by atoms with Crippen LogP contribution in [0, 0.1) is 0 Å². The van der Waals surface area contributed by atoms with Gasteiger partial charge in [0.15, 0.2) is 11.5 Å². The number of nitrogens with zero attached hydrogens (tertiary/aromatic N) is 2. The van der Waals surface area contributed by atoms with E-state index in [0.29, 0.717) is 17.9 Å². The molecule has 0 unspecified atom stereocenters. The number of carbonyl (C=O) groups excluding carboxylic acids is 1. The summed E-state index contributed by atoms with van der Waals surface area (Å²) in [6.45, 7) is 10.0. The van der Waals surface area contributed by atoms with Crippen molar-refractivity contribution in [1.82, 2.24) is 10.1 Å². The van der Waals surface area contributed by atoms with Gasteiger partial charge < -0.3 is 14.2 Å². The van der Waals surface area contributed by atoms with E-state index in [4.69, 9.17) is 9.26 Å². The third-order valence-corrected chi connectivity index (χ3v) is 5.86. The van der Waals surface area contributed by atoms with Crippen LogP contribution < -0.4 is 4.74 Å². The molecule has 2 atom stereocenters. The van der Waals surface area contributed by atoms with E-state index in [9.17, 15) is 4.79 Å². The second kappa shape index (κ2) is 10.3. The molecule has 2 aromatic rings. The first-order chi connectivity index (χ1) is 14.6. The Hall–Kier alpha value is -2.73. The Balaban J connectivity index is 1.76. The molecule has 5 nitrogen and oxygen atoms in total. The maximum Gasteiger partial charge on any atom is 0.276 e. The zero-order chi connectivity index (χ0) is 21.5. The molecule has 0 bridgehead atoms. The van der Waals surface area contributed by atoms with Crippen molar-refractivity contribution in [3.05, 3.63) is 78.7 Å². The van der Waals surface area contributed by atoms with Crippen molar-refractivity contribution < 1.29 is 14.1 Å². The lowest BCUT2D eigenvalue weighted by molar-refractivity contribution is 0.0590. The van der Waals surface area contributed by atoms with E-state index in [0.717, 1.165) is 23.5 Å². The van der Waals surface area contributed by atoms with Gasteiger partial charge in [-0.2, -0.15) is 0 Å². The van der Waals surface area contributed by atoms with Crippen LogP contribution in [-0.2, 0) is 6.61 Å². The lowest BCUT2D eigenvalue weighted by atomic mass is 9.92. The van der Waals surface area contributed by atoms with Crippen LogP contribution in [0.3, 0.4) is 0 Å². The summed E-state index contributed by atoms with van der Waals surface area (Å²) in [7, 11) is 0. The van der Waals surface area contributed by atoms with E-state index < -0.39 is 0 Å². The Morgan fingerprint density at radius 1 is 1.33 bits per heavy atom. The van der Waals surface area contributed by atoms with Crippen LogP contribution in [0.4, 0.5) is 0 Å². The van der Waals surface area contributed by atoms with Crippen molar-refractivity contribution in [2.75, 3.05) is 6.26 Å². The SMILES string of the molecule is C=CC[C@H]1CC(C)=C[C@H](CC=C)N1C(=O)c1cc(COc2ccccc2SC)on1. The number of benzene rings is 1. The van der Waals surface area contributed by atoms with Gasteiger partial charge in [-0.25, -0.2) is 0 Å². The molecule has 3 rings (SSSR count). The predicted molar refractivity (Wildman–Crippen MR) is 121 cm³/mol. The normalized spacial score (nSPS) is 18.6. The molecule has 2 heterocycles. The molecule has 0 radical (unpaired) electrons. The monoisotopic (exact) mass is 424 g/mol. The molecule has 1 aromatic heterocycles. The molecule has 158 valence electrons. The van der Waals surface area contributed by atoms with Gasteiger partial charge in [0.2, 0.25) is 0 Å². The van der Waals surface area contributed by atoms with E-state index in [1.807, 2.05) is 47.6 Å². The highest BCUT2D eigenvalue weighted by molar-refractivity contribution is 7.98. The van der Waals surface area contributed by atoms with Gasteiger partial charge in [-0.05, 0) is 44.6 Å². The number of thioether (sulfide) groups is 1. The number of hydrogen-bond donors (Lipinski definition) is 0. The van der Waals surface area contributed by atoms with Gasteiger partial charge in [-0.15, -0.1) is 24.9 Å². The van der Waals surface area contributed by atoms with Crippen LogP contribution in [0.25, 0.3) is 0 Å². The number of aromatic nitrogens is 1. The highest BCUT2D eigenvalue weighted by Crippen LogP contribution is 2.30. The summed E-state index contributed by atoms with van der Waals surface area (Å²) < 4.78 is 11.3. The van der Waals surface area contributed by atoms with Crippen LogP contribution in [0.5, 0.6) is 5.75 Å². The van der Waals surface area contributed by atoms with Crippen LogP contribution >= 0.6 is 11.8 Å². The summed E-state index contributed by atoms with van der Waals surface area (Å²) in [5.41, 5.74) is 1.57. The second-order valence-corrected chi connectivity index (χ2v) is 8.17. The fourth-order valence-electron chi connectivity index (χ4n) is 3.78. The molecule has 0 spiro atoms. The van der Waals surface area contributed by atoms with Crippen molar-refractivity contribution in [2.45, 2.75) is 49.8 Å². The maximum absolute atomic E-state index is 13.3. The van der Waals surface area contributed by atoms with Gasteiger partial charge in [0.25, 0.3) is 5.91 Å². The number of rotatable bonds is 9. The lowest BCUT2D eigenvalue weighted by Crippen LogP contribution is -2.48. The van der Waals surface area contributed by atoms with Crippen LogP contribution in [-0.4, -0.2) is 34.3 Å². The topological polar surface area (TPSA) is 55.6 Å². The number of ether oxygens (including phenoxy) is 1. The maximum atomic E-state index is 13.3. The first-order valence-electron chi connectivity index (χ1n) is 10.0. The van der Waals surface area contributed by atoms with Crippen molar-refractivity contribution in [3.8, 4) is 5.75 Å². The fourth-order valence-corrected chi connectivity index (χ4v) is 4.32. The summed E-state index contributed by atoms with van der Waals surface area (Å²) >= 11 is 1.62. The smallest absolute Gasteiger partial charge is 0.276 e. The number of amides is 1. The van der Waals surface area contributed by atoms with Crippen molar-refractivity contribution in [1.29, 1.82) is 0 Å². The zero-order valence-electron chi connectivity index (χ0n) is 17.5. The lowest BCUT2D eigenvalue weighted by Gasteiger charge is -2.40. The highest BCUT2D eigenvalue weighted by Gasteiger charge is 2.34. The molecule has 1 aliphatic rings. The average molecular weight is 425 g/mol. The quantitative estimate of drug-likeness (QED) is 0.384. The highest BCUT2D eigenvalue weighted by atomic mass is 32.2. The molecule has 1 amide bonds. The minimum Gasteiger partial charge on any atom is -0.484 e. The number of carbonyl (C=O) groups is 1. The Kier molecular flexibility index (Phi) is 7.57. The van der Waals surface area contributed by atoms with Gasteiger partial charge >= 0.3 is 0 Å². The first-order valence-corrected chi connectivity index (χ1v) is 11.2. The molecule has 1 aromatic carbocycles. The summed E-state index contributed by atoms with van der Waals surface area (Å²) in [6, 6.07) is 9.49. The van der Waals surface area contributed by atoms with Crippen LogP contribution in [0.1, 0.15) is 42.4 Å². The van der Waals surface area contributed by atoms with Gasteiger partial charge in [0, 0.05) is 17.0 Å². The molecule has 0 saturated carbocycles. The van der Waals surface area contributed by atoms with Gasteiger partial charge in [0.1, 0.15) is 12.4 Å². The third-order valence-electron chi connectivity index (χ3n) is 5.08. The van der Waals surface area contributed by atoms with E-state index in [1.165, 1.54) is 5.57 Å². The standard InChI is InChI=1S/C24H28N2O3S/c1-5-9-18-13-17(3)14-19(10-6-2)26(18)24(27)21-15-20(29-25-21)16-28-22-11-7-8-12-23(22)30-4/h5-8,11-13,15,18-19H,1-2,9-10,14,16H2,3-4H3/t18-,19-/m0/s1. The Morgan fingerprint density at radius 3 is 2.83 bits per heavy atom. The van der Waals surface area contributed by atoms with Crippen LogP contribution in [0.15, 0.2) is 76.7 Å². The summed E-state index contributed by atoms with van der Waals surface area (Å²) in [5, 5.41) is 4.03. The molecule has 6 heteroatoms. The molecular weight excluding hydrogens is 396 g/mol. The minimum absolute atomic E-state index is 0.0430. The molecule has 30 heavy (non-hydrogen) atoms. The van der Waals surface area contributed by atoms with E-state index in [1.54, 1.807) is 17.8 Å². The van der Waals surface area contributed by atoms with E-state index >= 15 is 0 Å². The average Bonchev–Trinajstić information content (AvgIpc) is 3.21. The predicted octanol–water partition coefficient (Wildman–Crippen LogP) is 5.66. The molecule has 0 aliphatic carbocycles. The van der Waals surface area contributed by atoms with E-state index in [-0.39, 0.29) is 24.6 Å². The largest absolute Gasteiger partial charge is 0.484 e. The van der Waals surface area contributed by atoms with Gasteiger partial charge in [-0.3, -0.25) is 4.79 Å². The molecule has 0 fully saturated rings. The van der Waals surface area contributed by atoms with Gasteiger partial charge in [0.05, 0.1) is 6.04 Å². The van der Waals surface area contributed by atoms with Crippen molar-refractivity contribution in [2.24, 2.45) is 0 Å². The first kappa shape index (κ1) is 22.0. The number of para-hydroxylation sites is 1. The fraction of sp³-hybridized carbons (Fsp3) is 0.333. The minimum atomic E-state index is -0.142. The van der Waals surface area contributed by atoms with E-state index in [2.05, 4.69) is 31.3 Å². The molecular formula is C24H28N2O3S. The second-order valence-electron chi connectivity index (χ2n) is 7.32.